The molecule has 0 saturated heterocycles. The Labute approximate surface area is 196 Å². The number of nitrogens with one attached hydrogen (secondary N) is 1. The molecule has 0 radical (unpaired) electrons. The molecular weight excluding hydrogens is 505 g/mol. The summed E-state index contributed by atoms with van der Waals surface area (Å²) in [6, 6.07) is 8.67. The van der Waals surface area contributed by atoms with E-state index in [1.54, 1.807) is 46.0 Å². The van der Waals surface area contributed by atoms with Gasteiger partial charge in [-0.3, -0.25) is 14.2 Å². The highest BCUT2D eigenvalue weighted by atomic mass is 79.9. The Kier molecular flexibility index (Phi) is 6.17. The number of hydrogen-bond acceptors (Lipinski definition) is 4. The molecule has 1 aromatic carbocycles. The molecule has 1 N–H and O–H groups in total. The maximum atomic E-state index is 12.6. The Hall–Kier alpha value is -2.62. The lowest BCUT2D eigenvalue weighted by atomic mass is 10.2. The summed E-state index contributed by atoms with van der Waals surface area (Å²) in [4.78, 5) is 12.6. The molecule has 3 aromatic heterocycles. The van der Waals surface area contributed by atoms with Gasteiger partial charge in [-0.1, -0.05) is 29.3 Å². The summed E-state index contributed by atoms with van der Waals surface area (Å²) < 4.78 is 6.12. The summed E-state index contributed by atoms with van der Waals surface area (Å²) in [7, 11) is 0. The predicted molar refractivity (Wildman–Crippen MR) is 123 cm³/mol. The van der Waals surface area contributed by atoms with Gasteiger partial charge in [0, 0.05) is 28.5 Å². The number of amides is 1. The van der Waals surface area contributed by atoms with Crippen LogP contribution in [0, 0.1) is 13.8 Å². The van der Waals surface area contributed by atoms with Crippen molar-refractivity contribution in [3.63, 3.8) is 0 Å². The molecule has 0 unspecified atom stereocenters. The van der Waals surface area contributed by atoms with Crippen LogP contribution in [0.5, 0.6) is 0 Å². The molecule has 0 aliphatic rings. The number of rotatable bonds is 6. The summed E-state index contributed by atoms with van der Waals surface area (Å²) in [5.74, 6) is 0.0789. The molecule has 0 atom stereocenters. The fourth-order valence-electron chi connectivity index (χ4n) is 3.03. The third-order valence-corrected chi connectivity index (χ3v) is 6.41. The van der Waals surface area contributed by atoms with E-state index < -0.39 is 0 Å². The Balaban J connectivity index is 1.40. The van der Waals surface area contributed by atoms with E-state index in [0.717, 1.165) is 21.4 Å². The smallest absolute Gasteiger partial charge is 0.277 e. The molecule has 0 saturated carbocycles. The number of hydrogen-bond donors (Lipinski definition) is 1. The molecule has 11 heteroatoms. The van der Waals surface area contributed by atoms with Crippen molar-refractivity contribution in [2.45, 2.75) is 27.1 Å². The van der Waals surface area contributed by atoms with Gasteiger partial charge in [0.25, 0.3) is 5.91 Å². The van der Waals surface area contributed by atoms with Crippen molar-refractivity contribution in [1.82, 2.24) is 29.3 Å². The average molecular weight is 523 g/mol. The molecule has 8 nitrogen and oxygen atoms in total. The first-order valence-electron chi connectivity index (χ1n) is 9.32. The van der Waals surface area contributed by atoms with Crippen molar-refractivity contribution in [3.8, 4) is 0 Å². The summed E-state index contributed by atoms with van der Waals surface area (Å²) in [5.41, 5.74) is 3.06. The molecule has 0 fully saturated rings. The van der Waals surface area contributed by atoms with Crippen LogP contribution in [0.15, 0.2) is 47.2 Å². The van der Waals surface area contributed by atoms with E-state index in [1.807, 2.05) is 24.6 Å². The van der Waals surface area contributed by atoms with Gasteiger partial charge < -0.3 is 5.32 Å². The zero-order valence-corrected chi connectivity index (χ0v) is 19.8. The van der Waals surface area contributed by atoms with Gasteiger partial charge in [-0.15, -0.1) is 0 Å². The van der Waals surface area contributed by atoms with E-state index in [4.69, 9.17) is 23.2 Å². The Morgan fingerprint density at radius 3 is 2.55 bits per heavy atom. The fourth-order valence-corrected chi connectivity index (χ4v) is 3.79. The van der Waals surface area contributed by atoms with Gasteiger partial charge in [-0.2, -0.15) is 15.3 Å². The van der Waals surface area contributed by atoms with Crippen molar-refractivity contribution >= 4 is 50.9 Å². The van der Waals surface area contributed by atoms with E-state index in [1.165, 1.54) is 0 Å². The minimum Gasteiger partial charge on any atom is -0.304 e. The van der Waals surface area contributed by atoms with Crippen LogP contribution >= 0.6 is 39.1 Å². The molecule has 31 heavy (non-hydrogen) atoms. The third kappa shape index (κ3) is 4.84. The second-order valence-electron chi connectivity index (χ2n) is 6.95. The van der Waals surface area contributed by atoms with Crippen LogP contribution in [-0.4, -0.2) is 35.2 Å². The predicted octanol–water partition coefficient (Wildman–Crippen LogP) is 4.77. The summed E-state index contributed by atoms with van der Waals surface area (Å²) >= 11 is 15.7. The fraction of sp³-hybridized carbons (Fsp3) is 0.200. The molecule has 3 heterocycles. The van der Waals surface area contributed by atoms with Crippen molar-refractivity contribution in [2.75, 3.05) is 5.32 Å². The number of anilines is 1. The number of carbonyl (C=O) groups excluding carboxylic acids is 1. The zero-order chi connectivity index (χ0) is 22.1. The highest BCUT2D eigenvalue weighted by molar-refractivity contribution is 9.10. The Bertz CT molecular complexity index is 1260. The Morgan fingerprint density at radius 1 is 1.06 bits per heavy atom. The monoisotopic (exact) mass is 521 g/mol. The first kappa shape index (κ1) is 21.6. The summed E-state index contributed by atoms with van der Waals surface area (Å²) in [6.07, 6.45) is 3.50. The SMILES string of the molecule is Cc1nn(Cn2ccc(C(=O)Nc3ccn(Cc4ccc(Cl)cc4Cl)n3)n2)c(C)c1Br. The van der Waals surface area contributed by atoms with Crippen molar-refractivity contribution in [3.05, 3.63) is 79.9 Å². The number of aryl methyl sites for hydroxylation is 1. The number of aromatic nitrogens is 6. The normalized spacial score (nSPS) is 11.1. The summed E-state index contributed by atoms with van der Waals surface area (Å²) in [6.45, 7) is 4.75. The lowest BCUT2D eigenvalue weighted by molar-refractivity contribution is 0.102. The lowest BCUT2D eigenvalue weighted by Gasteiger charge is -2.05. The summed E-state index contributed by atoms with van der Waals surface area (Å²) in [5, 5.41) is 17.1. The first-order chi connectivity index (χ1) is 14.8. The van der Waals surface area contributed by atoms with Crippen LogP contribution in [-0.2, 0) is 13.2 Å². The molecule has 0 aliphatic heterocycles. The van der Waals surface area contributed by atoms with Crippen molar-refractivity contribution < 1.29 is 4.79 Å². The first-order valence-corrected chi connectivity index (χ1v) is 10.9. The van der Waals surface area contributed by atoms with E-state index in [-0.39, 0.29) is 11.6 Å². The number of halogens is 3. The van der Waals surface area contributed by atoms with Crippen molar-refractivity contribution in [1.29, 1.82) is 0 Å². The van der Waals surface area contributed by atoms with E-state index in [2.05, 4.69) is 36.5 Å². The largest absolute Gasteiger partial charge is 0.304 e. The van der Waals surface area contributed by atoms with Gasteiger partial charge in [0.2, 0.25) is 0 Å². The average Bonchev–Trinajstić information content (AvgIpc) is 3.42. The lowest BCUT2D eigenvalue weighted by Crippen LogP contribution is -2.16. The van der Waals surface area contributed by atoms with Crippen LogP contribution in [0.4, 0.5) is 5.82 Å². The highest BCUT2D eigenvalue weighted by Crippen LogP contribution is 2.22. The standard InChI is InChI=1S/C20H18BrCl2N7O/c1-12-19(21)13(2)30(25-12)11-29-7-5-17(26-29)20(31)24-18-6-8-28(27-18)10-14-3-4-15(22)9-16(14)23/h3-9H,10-11H2,1-2H3,(H,24,27,31). The van der Waals surface area contributed by atoms with E-state index >= 15 is 0 Å². The maximum absolute atomic E-state index is 12.6. The maximum Gasteiger partial charge on any atom is 0.277 e. The van der Waals surface area contributed by atoms with Crippen molar-refractivity contribution in [2.24, 2.45) is 0 Å². The minimum atomic E-state index is -0.344. The molecule has 0 bridgehead atoms. The van der Waals surface area contributed by atoms with E-state index in [9.17, 15) is 4.79 Å². The van der Waals surface area contributed by atoms with Crippen LogP contribution in [0.2, 0.25) is 10.0 Å². The van der Waals surface area contributed by atoms with Gasteiger partial charge in [0.15, 0.2) is 11.5 Å². The molecular formula is C20H18BrCl2N7O. The second-order valence-corrected chi connectivity index (χ2v) is 8.59. The van der Waals surface area contributed by atoms with Gasteiger partial charge in [0.1, 0.15) is 6.67 Å². The topological polar surface area (TPSA) is 82.6 Å². The third-order valence-electron chi connectivity index (χ3n) is 4.68. The number of nitrogens with zero attached hydrogens (tertiary/aromatic N) is 6. The quantitative estimate of drug-likeness (QED) is 0.395. The van der Waals surface area contributed by atoms with Gasteiger partial charge >= 0.3 is 0 Å². The number of carbonyl (C=O) groups is 1. The van der Waals surface area contributed by atoms with Crippen LogP contribution in [0.1, 0.15) is 27.4 Å². The second kappa shape index (κ2) is 8.86. The van der Waals surface area contributed by atoms with E-state index in [0.29, 0.717) is 29.1 Å². The molecule has 4 rings (SSSR count). The molecule has 4 aromatic rings. The van der Waals surface area contributed by atoms with Gasteiger partial charge in [-0.05, 0) is 53.5 Å². The molecule has 0 aliphatic carbocycles. The van der Waals surface area contributed by atoms with Crippen LogP contribution in [0.3, 0.4) is 0 Å². The van der Waals surface area contributed by atoms with Crippen LogP contribution in [0.25, 0.3) is 0 Å². The molecule has 0 spiro atoms. The highest BCUT2D eigenvalue weighted by Gasteiger charge is 2.14. The van der Waals surface area contributed by atoms with Crippen LogP contribution < -0.4 is 5.32 Å². The Morgan fingerprint density at radius 2 is 1.84 bits per heavy atom. The van der Waals surface area contributed by atoms with Gasteiger partial charge in [0.05, 0.1) is 22.4 Å². The molecule has 160 valence electrons. The van der Waals surface area contributed by atoms with Gasteiger partial charge in [-0.25, -0.2) is 4.68 Å². The minimum absolute atomic E-state index is 0.288. The zero-order valence-electron chi connectivity index (χ0n) is 16.7. The molecule has 1 amide bonds. The number of benzene rings is 1.